The minimum absolute atomic E-state index is 0.0688. The Morgan fingerprint density at radius 2 is 2.14 bits per heavy atom. The number of urea groups is 1. The van der Waals surface area contributed by atoms with Gasteiger partial charge in [-0.1, -0.05) is 19.1 Å². The minimum Gasteiger partial charge on any atom is -0.497 e. The molecule has 1 fully saturated rings. The molecule has 2 N–H and O–H groups in total. The van der Waals surface area contributed by atoms with Crippen LogP contribution in [-0.4, -0.2) is 48.9 Å². The summed E-state index contributed by atoms with van der Waals surface area (Å²) >= 11 is 0. The number of likely N-dealkylation sites (tertiary alicyclic amines) is 1. The van der Waals surface area contributed by atoms with Crippen molar-refractivity contribution in [1.29, 1.82) is 0 Å². The highest BCUT2D eigenvalue weighted by molar-refractivity contribution is 5.74. The molecule has 5 nitrogen and oxygen atoms in total. The molecule has 2 amide bonds. The second-order valence-electron chi connectivity index (χ2n) is 5.96. The van der Waals surface area contributed by atoms with Gasteiger partial charge in [-0.3, -0.25) is 0 Å². The van der Waals surface area contributed by atoms with Gasteiger partial charge in [0.2, 0.25) is 0 Å². The average molecular weight is 306 g/mol. The van der Waals surface area contributed by atoms with Crippen LogP contribution in [0.2, 0.25) is 0 Å². The fourth-order valence-electron chi connectivity index (χ4n) is 2.63. The first-order chi connectivity index (χ1) is 10.6. The topological polar surface area (TPSA) is 61.8 Å². The van der Waals surface area contributed by atoms with E-state index in [0.717, 1.165) is 31.6 Å². The first-order valence-corrected chi connectivity index (χ1v) is 7.94. The maximum atomic E-state index is 12.0. The van der Waals surface area contributed by atoms with Gasteiger partial charge in [-0.15, -0.1) is 0 Å². The van der Waals surface area contributed by atoms with Crippen LogP contribution in [-0.2, 0) is 6.42 Å². The Morgan fingerprint density at radius 1 is 1.41 bits per heavy atom. The Hall–Kier alpha value is -1.75. The first kappa shape index (κ1) is 16.6. The molecule has 0 spiro atoms. The van der Waals surface area contributed by atoms with Crippen molar-refractivity contribution < 1.29 is 14.6 Å². The van der Waals surface area contributed by atoms with Crippen LogP contribution in [0.1, 0.15) is 25.3 Å². The molecule has 1 aliphatic heterocycles. The lowest BCUT2D eigenvalue weighted by Gasteiger charge is -2.34. The van der Waals surface area contributed by atoms with E-state index in [1.807, 2.05) is 31.2 Å². The largest absolute Gasteiger partial charge is 0.497 e. The van der Waals surface area contributed by atoms with Gasteiger partial charge >= 0.3 is 6.03 Å². The van der Waals surface area contributed by atoms with Crippen LogP contribution in [0.15, 0.2) is 24.3 Å². The van der Waals surface area contributed by atoms with Gasteiger partial charge in [-0.25, -0.2) is 4.79 Å². The smallest absolute Gasteiger partial charge is 0.317 e. The molecule has 1 aromatic carbocycles. The third-order valence-corrected chi connectivity index (χ3v) is 4.28. The quantitative estimate of drug-likeness (QED) is 0.818. The predicted octanol–water partition coefficient (Wildman–Crippen LogP) is 2.04. The van der Waals surface area contributed by atoms with Crippen LogP contribution in [0.3, 0.4) is 0 Å². The van der Waals surface area contributed by atoms with E-state index in [0.29, 0.717) is 13.1 Å². The second-order valence-corrected chi connectivity index (χ2v) is 5.96. The molecule has 2 atom stereocenters. The molecule has 0 radical (unpaired) electrons. The first-order valence-electron chi connectivity index (χ1n) is 7.94. The summed E-state index contributed by atoms with van der Waals surface area (Å²) in [6, 6.07) is 7.92. The number of methoxy groups -OCH3 is 1. The van der Waals surface area contributed by atoms with Crippen LogP contribution >= 0.6 is 0 Å². The maximum Gasteiger partial charge on any atom is 0.317 e. The van der Waals surface area contributed by atoms with Crippen molar-refractivity contribution in [2.45, 2.75) is 32.3 Å². The highest BCUT2D eigenvalue weighted by Crippen LogP contribution is 2.17. The Balaban J connectivity index is 1.66. The van der Waals surface area contributed by atoms with E-state index in [1.165, 1.54) is 5.56 Å². The fourth-order valence-corrected chi connectivity index (χ4v) is 2.63. The highest BCUT2D eigenvalue weighted by atomic mass is 16.5. The molecule has 1 aliphatic rings. The van der Waals surface area contributed by atoms with E-state index < -0.39 is 6.10 Å². The van der Waals surface area contributed by atoms with Gasteiger partial charge in [0.1, 0.15) is 5.75 Å². The van der Waals surface area contributed by atoms with Crippen molar-refractivity contribution >= 4 is 6.03 Å². The molecule has 0 bridgehead atoms. The molecular weight excluding hydrogens is 280 g/mol. The summed E-state index contributed by atoms with van der Waals surface area (Å²) < 4.78 is 5.13. The predicted molar refractivity (Wildman–Crippen MR) is 86.1 cm³/mol. The number of aryl methyl sites for hydroxylation is 1. The number of carbonyl (C=O) groups excluding carboxylic acids is 1. The lowest BCUT2D eigenvalue weighted by atomic mass is 9.96. The zero-order valence-electron chi connectivity index (χ0n) is 13.4. The fraction of sp³-hybridized carbons (Fsp3) is 0.588. The van der Waals surface area contributed by atoms with Crippen molar-refractivity contribution in [2.24, 2.45) is 5.92 Å². The summed E-state index contributed by atoms with van der Waals surface area (Å²) in [6.45, 7) is 3.83. The Labute approximate surface area is 132 Å². The standard InChI is InChI=1S/C17H26N2O3/c1-13-9-11-19(12-16(13)20)17(21)18-10-3-4-14-5-7-15(22-2)8-6-14/h5-8,13,16,20H,3-4,9-12H2,1-2H3,(H,18,21)/t13-,16-/m0/s1. The number of piperidine rings is 1. The number of β-amino-alcohol motifs (C(OH)–C–C–N with tert-alkyl or cyclic N) is 1. The minimum atomic E-state index is -0.404. The number of benzene rings is 1. The van der Waals surface area contributed by atoms with Crippen LogP contribution < -0.4 is 10.1 Å². The normalized spacial score (nSPS) is 21.5. The van der Waals surface area contributed by atoms with E-state index in [-0.39, 0.29) is 11.9 Å². The molecular formula is C17H26N2O3. The molecule has 5 heteroatoms. The summed E-state index contributed by atoms with van der Waals surface area (Å²) in [4.78, 5) is 13.7. The average Bonchev–Trinajstić information content (AvgIpc) is 2.54. The number of ether oxygens (including phenoxy) is 1. The zero-order valence-corrected chi connectivity index (χ0v) is 13.4. The number of hydrogen-bond donors (Lipinski definition) is 2. The van der Waals surface area contributed by atoms with Gasteiger partial charge in [0, 0.05) is 19.6 Å². The van der Waals surface area contributed by atoms with Gasteiger partial charge in [0.25, 0.3) is 0 Å². The van der Waals surface area contributed by atoms with Crippen molar-refractivity contribution in [3.8, 4) is 5.75 Å². The molecule has 1 saturated heterocycles. The van der Waals surface area contributed by atoms with Crippen molar-refractivity contribution in [3.63, 3.8) is 0 Å². The summed E-state index contributed by atoms with van der Waals surface area (Å²) in [5, 5.41) is 12.8. The maximum absolute atomic E-state index is 12.0. The van der Waals surface area contributed by atoms with Crippen molar-refractivity contribution in [1.82, 2.24) is 10.2 Å². The van der Waals surface area contributed by atoms with E-state index in [9.17, 15) is 9.90 Å². The third kappa shape index (κ3) is 4.63. The Kier molecular flexibility index (Phi) is 6.07. The zero-order chi connectivity index (χ0) is 15.9. The lowest BCUT2D eigenvalue weighted by Crippen LogP contribution is -2.49. The third-order valence-electron chi connectivity index (χ3n) is 4.28. The number of aliphatic hydroxyl groups is 1. The van der Waals surface area contributed by atoms with E-state index in [1.54, 1.807) is 12.0 Å². The van der Waals surface area contributed by atoms with Crippen LogP contribution in [0.25, 0.3) is 0 Å². The molecule has 0 unspecified atom stereocenters. The lowest BCUT2D eigenvalue weighted by molar-refractivity contribution is 0.0436. The number of amides is 2. The summed E-state index contributed by atoms with van der Waals surface area (Å²) in [5.41, 5.74) is 1.23. The summed E-state index contributed by atoms with van der Waals surface area (Å²) in [6.07, 6.45) is 2.27. The van der Waals surface area contributed by atoms with E-state index in [4.69, 9.17) is 4.74 Å². The van der Waals surface area contributed by atoms with E-state index >= 15 is 0 Å². The second kappa shape index (κ2) is 8.03. The number of hydrogen-bond acceptors (Lipinski definition) is 3. The molecule has 1 heterocycles. The highest BCUT2D eigenvalue weighted by Gasteiger charge is 2.26. The number of rotatable bonds is 5. The molecule has 22 heavy (non-hydrogen) atoms. The Morgan fingerprint density at radius 3 is 2.77 bits per heavy atom. The summed E-state index contributed by atoms with van der Waals surface area (Å²) in [7, 11) is 1.66. The van der Waals surface area contributed by atoms with Crippen LogP contribution in [0.5, 0.6) is 5.75 Å². The molecule has 0 aromatic heterocycles. The van der Waals surface area contributed by atoms with Gasteiger partial charge in [-0.2, -0.15) is 0 Å². The van der Waals surface area contributed by atoms with Gasteiger partial charge in [0.05, 0.1) is 13.2 Å². The molecule has 1 aromatic rings. The van der Waals surface area contributed by atoms with Crippen molar-refractivity contribution in [2.75, 3.05) is 26.7 Å². The number of carbonyl (C=O) groups is 1. The summed E-state index contributed by atoms with van der Waals surface area (Å²) in [5.74, 6) is 1.13. The Bertz CT molecular complexity index is 475. The van der Waals surface area contributed by atoms with E-state index in [2.05, 4.69) is 5.32 Å². The monoisotopic (exact) mass is 306 g/mol. The van der Waals surface area contributed by atoms with Gasteiger partial charge in [0.15, 0.2) is 0 Å². The molecule has 122 valence electrons. The molecule has 0 saturated carbocycles. The number of aliphatic hydroxyl groups excluding tert-OH is 1. The molecule has 0 aliphatic carbocycles. The number of nitrogens with zero attached hydrogens (tertiary/aromatic N) is 1. The molecule has 2 rings (SSSR count). The SMILES string of the molecule is COc1ccc(CCCNC(=O)N2CC[C@H](C)[C@@H](O)C2)cc1. The van der Waals surface area contributed by atoms with Crippen LogP contribution in [0, 0.1) is 5.92 Å². The number of nitrogens with one attached hydrogen (secondary N) is 1. The van der Waals surface area contributed by atoms with Crippen LogP contribution in [0.4, 0.5) is 4.79 Å². The van der Waals surface area contributed by atoms with Crippen molar-refractivity contribution in [3.05, 3.63) is 29.8 Å². The van der Waals surface area contributed by atoms with Gasteiger partial charge in [-0.05, 0) is 42.9 Å². The van der Waals surface area contributed by atoms with Gasteiger partial charge < -0.3 is 20.1 Å².